The number of carbonyl (C=O) groups excluding carboxylic acids is 1. The predicted molar refractivity (Wildman–Crippen MR) is 103 cm³/mol. The number of hydrogen-bond acceptors (Lipinski definition) is 7. The van der Waals surface area contributed by atoms with E-state index >= 15 is 0 Å². The topological polar surface area (TPSA) is 94.4 Å². The van der Waals surface area contributed by atoms with Gasteiger partial charge in [-0.3, -0.25) is 4.79 Å². The second-order valence-electron chi connectivity index (χ2n) is 6.23. The molecule has 0 bridgehead atoms. The zero-order valence-corrected chi connectivity index (χ0v) is 15.2. The quantitative estimate of drug-likeness (QED) is 0.693. The fraction of sp³-hybridized carbons (Fsp3) is 0.263. The Morgan fingerprint density at radius 1 is 1.11 bits per heavy atom. The number of nitrogens with one attached hydrogen (secondary N) is 1. The molecule has 9 heteroatoms. The van der Waals surface area contributed by atoms with Crippen molar-refractivity contribution in [1.82, 2.24) is 20.2 Å². The Kier molecular flexibility index (Phi) is 5.43. The summed E-state index contributed by atoms with van der Waals surface area (Å²) in [6, 6.07) is 15.0. The highest BCUT2D eigenvalue weighted by molar-refractivity contribution is 5.92. The van der Waals surface area contributed by atoms with Crippen LogP contribution < -0.4 is 15.0 Å². The van der Waals surface area contributed by atoms with Crippen LogP contribution in [-0.4, -0.2) is 59.0 Å². The van der Waals surface area contributed by atoms with Gasteiger partial charge in [0.2, 0.25) is 0 Å². The monoisotopic (exact) mass is 380 g/mol. The Hall–Kier alpha value is -3.46. The van der Waals surface area contributed by atoms with Crippen molar-refractivity contribution >= 4 is 17.3 Å². The molecule has 4 rings (SSSR count). The summed E-state index contributed by atoms with van der Waals surface area (Å²) < 4.78 is 12.5. The molecule has 1 amide bonds. The second kappa shape index (κ2) is 8.49. The first-order valence-corrected chi connectivity index (χ1v) is 8.97. The van der Waals surface area contributed by atoms with Gasteiger partial charge < -0.3 is 19.7 Å². The van der Waals surface area contributed by atoms with Gasteiger partial charge in [-0.05, 0) is 46.8 Å². The van der Waals surface area contributed by atoms with Crippen molar-refractivity contribution in [2.24, 2.45) is 0 Å². The molecule has 1 N–H and O–H groups in total. The van der Waals surface area contributed by atoms with Crippen LogP contribution in [0.3, 0.4) is 0 Å². The number of morpholine rings is 1. The van der Waals surface area contributed by atoms with E-state index in [0.29, 0.717) is 5.75 Å². The molecular formula is C19H20N6O3. The number of nitrogens with zero attached hydrogens (tertiary/aromatic N) is 5. The van der Waals surface area contributed by atoms with Gasteiger partial charge in [-0.1, -0.05) is 6.07 Å². The van der Waals surface area contributed by atoms with E-state index in [2.05, 4.69) is 25.7 Å². The average Bonchev–Trinajstić information content (AvgIpc) is 3.29. The molecule has 2 heterocycles. The van der Waals surface area contributed by atoms with Crippen molar-refractivity contribution in [2.45, 2.75) is 0 Å². The van der Waals surface area contributed by atoms with Crippen LogP contribution in [0.2, 0.25) is 0 Å². The van der Waals surface area contributed by atoms with Gasteiger partial charge >= 0.3 is 0 Å². The third-order valence-electron chi connectivity index (χ3n) is 4.33. The summed E-state index contributed by atoms with van der Waals surface area (Å²) in [7, 11) is 0. The summed E-state index contributed by atoms with van der Waals surface area (Å²) in [5.74, 6) is 0.331. The molecular weight excluding hydrogens is 360 g/mol. The van der Waals surface area contributed by atoms with Crippen LogP contribution in [0.5, 0.6) is 5.75 Å². The third-order valence-corrected chi connectivity index (χ3v) is 4.33. The first-order valence-electron chi connectivity index (χ1n) is 8.97. The number of hydrogen-bond donors (Lipinski definition) is 1. The first-order chi connectivity index (χ1) is 13.8. The fourth-order valence-electron chi connectivity index (χ4n) is 2.92. The number of carbonyl (C=O) groups is 1. The van der Waals surface area contributed by atoms with Gasteiger partial charge in [0.1, 0.15) is 12.1 Å². The molecule has 0 aliphatic carbocycles. The van der Waals surface area contributed by atoms with Crippen LogP contribution in [-0.2, 0) is 9.53 Å². The summed E-state index contributed by atoms with van der Waals surface area (Å²) in [5, 5.41) is 13.9. The molecule has 0 saturated carbocycles. The summed E-state index contributed by atoms with van der Waals surface area (Å²) in [5.41, 5.74) is 2.60. The molecule has 1 aliphatic rings. The zero-order chi connectivity index (χ0) is 19.2. The number of rotatable bonds is 6. The number of ether oxygens (including phenoxy) is 2. The number of benzene rings is 2. The van der Waals surface area contributed by atoms with Crippen LogP contribution >= 0.6 is 0 Å². The maximum atomic E-state index is 12.2. The molecule has 0 unspecified atom stereocenters. The zero-order valence-electron chi connectivity index (χ0n) is 15.2. The molecule has 9 nitrogen and oxygen atoms in total. The molecule has 1 fully saturated rings. The van der Waals surface area contributed by atoms with E-state index in [0.717, 1.165) is 43.4 Å². The fourth-order valence-corrected chi connectivity index (χ4v) is 2.92. The van der Waals surface area contributed by atoms with Gasteiger partial charge in [-0.25, -0.2) is 4.68 Å². The molecule has 0 radical (unpaired) electrons. The van der Waals surface area contributed by atoms with E-state index in [1.165, 1.54) is 11.0 Å². The number of amides is 1. The van der Waals surface area contributed by atoms with Crippen molar-refractivity contribution in [1.29, 1.82) is 0 Å². The van der Waals surface area contributed by atoms with Crippen LogP contribution in [0, 0.1) is 0 Å². The van der Waals surface area contributed by atoms with Gasteiger partial charge in [-0.2, -0.15) is 0 Å². The summed E-state index contributed by atoms with van der Waals surface area (Å²) >= 11 is 0. The normalized spacial score (nSPS) is 13.9. The van der Waals surface area contributed by atoms with Crippen LogP contribution in [0.4, 0.5) is 11.4 Å². The molecule has 0 atom stereocenters. The van der Waals surface area contributed by atoms with Crippen molar-refractivity contribution in [2.75, 3.05) is 43.1 Å². The van der Waals surface area contributed by atoms with Crippen molar-refractivity contribution in [3.8, 4) is 11.4 Å². The highest BCUT2D eigenvalue weighted by atomic mass is 16.5. The number of aromatic nitrogens is 4. The minimum absolute atomic E-state index is 0.0930. The predicted octanol–water partition coefficient (Wildman–Crippen LogP) is 1.52. The number of tetrazole rings is 1. The van der Waals surface area contributed by atoms with E-state index in [1.807, 2.05) is 36.4 Å². The first kappa shape index (κ1) is 17.9. The summed E-state index contributed by atoms with van der Waals surface area (Å²) in [6.07, 6.45) is 1.49. The van der Waals surface area contributed by atoms with Crippen LogP contribution in [0.15, 0.2) is 54.9 Å². The van der Waals surface area contributed by atoms with E-state index in [1.54, 1.807) is 12.1 Å². The molecule has 28 heavy (non-hydrogen) atoms. The molecule has 1 aliphatic heterocycles. The van der Waals surface area contributed by atoms with Crippen molar-refractivity contribution < 1.29 is 14.3 Å². The molecule has 1 aromatic heterocycles. The molecule has 144 valence electrons. The van der Waals surface area contributed by atoms with E-state index in [4.69, 9.17) is 9.47 Å². The summed E-state index contributed by atoms with van der Waals surface area (Å²) in [6.45, 7) is 3.14. The Bertz CT molecular complexity index is 908. The lowest BCUT2D eigenvalue weighted by molar-refractivity contribution is -0.118. The molecule has 3 aromatic rings. The lowest BCUT2D eigenvalue weighted by Crippen LogP contribution is -2.36. The maximum absolute atomic E-state index is 12.2. The van der Waals surface area contributed by atoms with E-state index in [-0.39, 0.29) is 12.5 Å². The van der Waals surface area contributed by atoms with E-state index < -0.39 is 0 Å². The van der Waals surface area contributed by atoms with Crippen molar-refractivity contribution in [3.05, 3.63) is 54.9 Å². The van der Waals surface area contributed by atoms with E-state index in [9.17, 15) is 4.79 Å². The van der Waals surface area contributed by atoms with Gasteiger partial charge in [0, 0.05) is 30.5 Å². The number of anilines is 2. The van der Waals surface area contributed by atoms with Crippen molar-refractivity contribution in [3.63, 3.8) is 0 Å². The van der Waals surface area contributed by atoms with Crippen LogP contribution in [0.1, 0.15) is 0 Å². The maximum Gasteiger partial charge on any atom is 0.262 e. The highest BCUT2D eigenvalue weighted by Gasteiger charge is 2.11. The highest BCUT2D eigenvalue weighted by Crippen LogP contribution is 2.19. The molecule has 2 aromatic carbocycles. The Morgan fingerprint density at radius 3 is 2.68 bits per heavy atom. The Balaban J connectivity index is 1.30. The van der Waals surface area contributed by atoms with Crippen LogP contribution in [0.25, 0.3) is 5.69 Å². The van der Waals surface area contributed by atoms with Gasteiger partial charge in [0.05, 0.1) is 18.9 Å². The largest absolute Gasteiger partial charge is 0.484 e. The minimum atomic E-state index is -0.230. The van der Waals surface area contributed by atoms with Gasteiger partial charge in [0.25, 0.3) is 5.91 Å². The van der Waals surface area contributed by atoms with Gasteiger partial charge in [-0.15, -0.1) is 5.10 Å². The molecule has 0 spiro atoms. The summed E-state index contributed by atoms with van der Waals surface area (Å²) in [4.78, 5) is 14.4. The SMILES string of the molecule is O=C(COc1cccc(-n2cnnn2)c1)Nc1ccc(N2CCOCC2)cc1. The third kappa shape index (κ3) is 4.44. The average molecular weight is 380 g/mol. The second-order valence-corrected chi connectivity index (χ2v) is 6.23. The Labute approximate surface area is 161 Å². The Morgan fingerprint density at radius 2 is 1.93 bits per heavy atom. The smallest absolute Gasteiger partial charge is 0.262 e. The standard InChI is InChI=1S/C19H20N6O3/c26-19(13-28-18-3-1-2-17(12-18)25-14-20-22-23-25)21-15-4-6-16(7-5-15)24-8-10-27-11-9-24/h1-7,12,14H,8-11,13H2,(H,21,26). The molecule has 1 saturated heterocycles. The lowest BCUT2D eigenvalue weighted by atomic mass is 10.2. The van der Waals surface area contributed by atoms with Gasteiger partial charge in [0.15, 0.2) is 6.61 Å². The minimum Gasteiger partial charge on any atom is -0.484 e. The lowest BCUT2D eigenvalue weighted by Gasteiger charge is -2.28.